The SMILES string of the molecule is ClC1=C2C=CC=C2[C](Cl)([Zr+3])S1.[Cl-].[Cl-].[Cl-]. The molecule has 0 nitrogen and oxygen atoms in total. The summed E-state index contributed by atoms with van der Waals surface area (Å²) in [6, 6.07) is 0. The van der Waals surface area contributed by atoms with E-state index in [0.717, 1.165) is 9.94 Å². The molecule has 0 amide bonds. The first-order chi connectivity index (χ1) is 5.11. The van der Waals surface area contributed by atoms with Crippen LogP contribution in [-0.2, 0) is 24.7 Å². The van der Waals surface area contributed by atoms with Crippen LogP contribution in [0.15, 0.2) is 33.7 Å². The maximum Gasteiger partial charge on any atom is -1.00 e. The van der Waals surface area contributed by atoms with Crippen molar-refractivity contribution >= 4 is 35.0 Å². The zero-order valence-electron chi connectivity index (χ0n) is 6.53. The molecule has 2 rings (SSSR count). The number of thioether (sulfide) groups is 1. The van der Waals surface area contributed by atoms with Crippen LogP contribution in [0, 0.1) is 0 Å². The van der Waals surface area contributed by atoms with E-state index < -0.39 is 0 Å². The number of hydrogen-bond donors (Lipinski definition) is 0. The molecule has 14 heavy (non-hydrogen) atoms. The van der Waals surface area contributed by atoms with Crippen molar-refractivity contribution in [1.82, 2.24) is 0 Å². The molecule has 0 saturated carbocycles. The third kappa shape index (κ3) is 3.20. The van der Waals surface area contributed by atoms with E-state index in [4.69, 9.17) is 23.2 Å². The summed E-state index contributed by atoms with van der Waals surface area (Å²) in [5.74, 6) is 0. The molecule has 1 atom stereocenters. The number of rotatable bonds is 0. The fraction of sp³-hybridized carbons (Fsp3) is 0.143. The van der Waals surface area contributed by atoms with Crippen LogP contribution in [0.3, 0.4) is 0 Å². The van der Waals surface area contributed by atoms with Crippen molar-refractivity contribution in [2.75, 3.05) is 0 Å². The Morgan fingerprint density at radius 1 is 1.29 bits per heavy atom. The summed E-state index contributed by atoms with van der Waals surface area (Å²) in [5.41, 5.74) is 2.29. The van der Waals surface area contributed by atoms with Crippen molar-refractivity contribution in [2.45, 2.75) is 1.91 Å². The average Bonchev–Trinajstić information content (AvgIpc) is 2.37. The van der Waals surface area contributed by atoms with E-state index in [0.29, 0.717) is 0 Å². The summed E-state index contributed by atoms with van der Waals surface area (Å²) < 4.78 is 0.569. The van der Waals surface area contributed by atoms with Crippen LogP contribution < -0.4 is 37.2 Å². The molecule has 0 radical (unpaired) electrons. The summed E-state index contributed by atoms with van der Waals surface area (Å²) in [6.45, 7) is 0. The Hall–Kier alpha value is 1.90. The fourth-order valence-electron chi connectivity index (χ4n) is 1.11. The zero-order valence-corrected chi connectivity index (χ0v) is 13.6. The normalized spacial score (nSPS) is 27.3. The van der Waals surface area contributed by atoms with Gasteiger partial charge in [0.1, 0.15) is 0 Å². The molecule has 0 saturated heterocycles. The van der Waals surface area contributed by atoms with Gasteiger partial charge in [0.15, 0.2) is 0 Å². The predicted molar refractivity (Wildman–Crippen MR) is 46.3 cm³/mol. The van der Waals surface area contributed by atoms with E-state index in [1.807, 2.05) is 18.2 Å². The molecule has 0 aromatic heterocycles. The van der Waals surface area contributed by atoms with Crippen molar-refractivity contribution in [2.24, 2.45) is 0 Å². The maximum absolute atomic E-state index is 6.23. The van der Waals surface area contributed by atoms with E-state index in [9.17, 15) is 0 Å². The third-order valence-electron chi connectivity index (χ3n) is 1.60. The summed E-state index contributed by atoms with van der Waals surface area (Å²) in [4.78, 5) is 0. The van der Waals surface area contributed by atoms with Crippen LogP contribution in [0.5, 0.6) is 0 Å². The Morgan fingerprint density at radius 2 is 1.86 bits per heavy atom. The molecule has 1 aliphatic carbocycles. The fourth-order valence-corrected chi connectivity index (χ4v) is 4.72. The molecule has 0 N–H and O–H groups in total. The van der Waals surface area contributed by atoms with Gasteiger partial charge in [0.25, 0.3) is 0 Å². The second-order valence-corrected chi connectivity index (χ2v) is 8.46. The topological polar surface area (TPSA) is 0 Å². The summed E-state index contributed by atoms with van der Waals surface area (Å²) in [6.07, 6.45) is 6.05. The van der Waals surface area contributed by atoms with Gasteiger partial charge in [-0.15, -0.1) is 0 Å². The maximum atomic E-state index is 6.23. The monoisotopic (exact) mass is 384 g/mol. The quantitative estimate of drug-likeness (QED) is 0.373. The van der Waals surface area contributed by atoms with Gasteiger partial charge in [0.2, 0.25) is 0 Å². The third-order valence-corrected chi connectivity index (χ3v) is 4.79. The number of halogens is 5. The van der Waals surface area contributed by atoms with Gasteiger partial charge in [-0.1, -0.05) is 0 Å². The van der Waals surface area contributed by atoms with Crippen LogP contribution in [0.2, 0.25) is 0 Å². The van der Waals surface area contributed by atoms with Gasteiger partial charge in [-0.2, -0.15) is 0 Å². The number of hydrogen-bond acceptors (Lipinski definition) is 1. The van der Waals surface area contributed by atoms with Crippen molar-refractivity contribution in [3.05, 3.63) is 33.7 Å². The van der Waals surface area contributed by atoms with Crippen molar-refractivity contribution in [1.29, 1.82) is 0 Å². The molecule has 0 aromatic rings. The summed E-state index contributed by atoms with van der Waals surface area (Å²) >= 11 is 15.0. The van der Waals surface area contributed by atoms with Crippen molar-refractivity contribution in [3.63, 3.8) is 0 Å². The van der Waals surface area contributed by atoms with Gasteiger partial charge in [0, 0.05) is 0 Å². The average molecular weight is 388 g/mol. The van der Waals surface area contributed by atoms with E-state index in [1.165, 1.54) is 30.3 Å². The molecule has 0 aromatic carbocycles. The summed E-state index contributed by atoms with van der Waals surface area (Å²) in [5, 5.41) is 0. The largest absolute Gasteiger partial charge is 1.00 e. The number of alkyl halides is 1. The molecule has 7 heteroatoms. The van der Waals surface area contributed by atoms with Gasteiger partial charge in [-0.25, -0.2) is 0 Å². The first-order valence-electron chi connectivity index (χ1n) is 3.03. The van der Waals surface area contributed by atoms with Crippen molar-refractivity contribution in [3.8, 4) is 0 Å². The van der Waals surface area contributed by atoms with Gasteiger partial charge in [0.05, 0.1) is 0 Å². The molecule has 2 aliphatic rings. The van der Waals surface area contributed by atoms with Gasteiger partial charge >= 0.3 is 95.3 Å². The summed E-state index contributed by atoms with van der Waals surface area (Å²) in [7, 11) is 0. The molecular formula is C7H3Cl5SZr. The smallest absolute Gasteiger partial charge is 1.00 e. The molecular weight excluding hydrogens is 385 g/mol. The minimum atomic E-state index is -0.261. The van der Waals surface area contributed by atoms with Crippen LogP contribution in [0.1, 0.15) is 0 Å². The molecule has 1 unspecified atom stereocenters. The Balaban J connectivity index is 0. The predicted octanol–water partition coefficient (Wildman–Crippen LogP) is -5.87. The molecule has 0 fully saturated rings. The molecule has 0 bridgehead atoms. The molecule has 1 aliphatic heterocycles. The van der Waals surface area contributed by atoms with E-state index in [1.54, 1.807) is 11.8 Å². The number of allylic oxidation sites excluding steroid dienone is 4. The zero-order chi connectivity index (χ0) is 8.06. The first kappa shape index (κ1) is 18.3. The minimum Gasteiger partial charge on any atom is -1.00 e. The molecule has 1 heterocycles. The van der Waals surface area contributed by atoms with Gasteiger partial charge in [-0.05, 0) is 0 Å². The Labute approximate surface area is 131 Å². The van der Waals surface area contributed by atoms with Gasteiger partial charge in [-0.3, -0.25) is 0 Å². The van der Waals surface area contributed by atoms with Crippen LogP contribution in [-0.4, -0.2) is 1.91 Å². The number of fused-ring (bicyclic) bond motifs is 1. The Morgan fingerprint density at radius 3 is 2.36 bits per heavy atom. The van der Waals surface area contributed by atoms with E-state index in [-0.39, 0.29) is 39.1 Å². The first-order valence-corrected chi connectivity index (χ1v) is 5.83. The second-order valence-electron chi connectivity index (χ2n) is 2.32. The minimum absolute atomic E-state index is 0. The van der Waals surface area contributed by atoms with E-state index in [2.05, 4.69) is 0 Å². The Kier molecular flexibility index (Phi) is 8.61. The van der Waals surface area contributed by atoms with Crippen LogP contribution >= 0.6 is 35.0 Å². The second kappa shape index (κ2) is 6.59. The van der Waals surface area contributed by atoms with E-state index >= 15 is 0 Å². The van der Waals surface area contributed by atoms with Crippen LogP contribution in [0.4, 0.5) is 0 Å². The Bertz CT molecular complexity index is 307. The van der Waals surface area contributed by atoms with Gasteiger partial charge < -0.3 is 37.2 Å². The molecule has 76 valence electrons. The standard InChI is InChI=1S/C7H3Cl2S.3ClH.Zr/c8-6-4-2-1-3-5(4)7(9)10-6;;;;/h1-3H;3*1H;/q;;;;+3/p-3. The molecule has 0 spiro atoms. The van der Waals surface area contributed by atoms with Crippen molar-refractivity contribution < 1.29 is 61.9 Å². The van der Waals surface area contributed by atoms with Crippen LogP contribution in [0.25, 0.3) is 0 Å².